The number of carbonyl (C=O) groups excluding carboxylic acids is 1. The number of hydrogen-bond donors (Lipinski definition) is 1. The first-order valence-electron chi connectivity index (χ1n) is 5.03. The number of aromatic nitrogens is 3. The fraction of sp³-hybridized carbons (Fsp3) is 0.182. The monoisotopic (exact) mass is 233 g/mol. The average molecular weight is 233 g/mol. The maximum absolute atomic E-state index is 11.4. The number of H-pyrrole nitrogens is 1. The Morgan fingerprint density at radius 3 is 2.76 bits per heavy atom. The van der Waals surface area contributed by atoms with Gasteiger partial charge in [-0.2, -0.15) is 0 Å². The molecule has 2 aromatic heterocycles. The molecular formula is C11H11N3O3. The van der Waals surface area contributed by atoms with Crippen LogP contribution in [0.1, 0.15) is 18.9 Å². The highest BCUT2D eigenvalue weighted by atomic mass is 16.7. The molecule has 0 amide bonds. The molecule has 2 heterocycles. The summed E-state index contributed by atoms with van der Waals surface area (Å²) in [6.07, 6.45) is 5.03. The van der Waals surface area contributed by atoms with Gasteiger partial charge in [0.25, 0.3) is 0 Å². The summed E-state index contributed by atoms with van der Waals surface area (Å²) < 4.78 is 9.96. The van der Waals surface area contributed by atoms with E-state index in [1.807, 2.05) is 0 Å². The number of aromatic amines is 1. The zero-order valence-corrected chi connectivity index (χ0v) is 9.16. The van der Waals surface area contributed by atoms with Crippen LogP contribution < -0.4 is 4.74 Å². The predicted octanol–water partition coefficient (Wildman–Crippen LogP) is 2.08. The second kappa shape index (κ2) is 5.11. The lowest BCUT2D eigenvalue weighted by atomic mass is 10.4. The van der Waals surface area contributed by atoms with Crippen LogP contribution in [0.15, 0.2) is 36.9 Å². The Morgan fingerprint density at radius 2 is 2.12 bits per heavy atom. The summed E-state index contributed by atoms with van der Waals surface area (Å²) in [6, 6.07) is 3.14. The molecular weight excluding hydrogens is 222 g/mol. The Morgan fingerprint density at radius 1 is 1.35 bits per heavy atom. The van der Waals surface area contributed by atoms with Crippen LogP contribution in [0.2, 0.25) is 0 Å². The fourth-order valence-corrected chi connectivity index (χ4v) is 1.23. The lowest BCUT2D eigenvalue weighted by molar-refractivity contribution is 0.0623. The Bertz CT molecular complexity index is 470. The molecule has 2 rings (SSSR count). The summed E-state index contributed by atoms with van der Waals surface area (Å²) in [4.78, 5) is 22.0. The normalized spacial score (nSPS) is 11.8. The van der Waals surface area contributed by atoms with E-state index in [0.717, 1.165) is 0 Å². The third-order valence-corrected chi connectivity index (χ3v) is 2.03. The largest absolute Gasteiger partial charge is 0.514 e. The van der Waals surface area contributed by atoms with Gasteiger partial charge in [0.2, 0.25) is 0 Å². The van der Waals surface area contributed by atoms with E-state index in [0.29, 0.717) is 11.6 Å². The van der Waals surface area contributed by atoms with Crippen molar-refractivity contribution in [3.8, 4) is 5.75 Å². The Hall–Kier alpha value is -2.37. The first kappa shape index (κ1) is 11.1. The Labute approximate surface area is 97.6 Å². The molecule has 0 saturated carbocycles. The summed E-state index contributed by atoms with van der Waals surface area (Å²) in [6.45, 7) is 1.70. The number of nitrogens with one attached hydrogen (secondary N) is 1. The van der Waals surface area contributed by atoms with Gasteiger partial charge in [-0.25, -0.2) is 9.78 Å². The van der Waals surface area contributed by atoms with Crippen molar-refractivity contribution >= 4 is 6.16 Å². The van der Waals surface area contributed by atoms with E-state index in [9.17, 15) is 4.79 Å². The molecule has 1 unspecified atom stereocenters. The molecule has 0 aliphatic rings. The molecule has 2 aromatic rings. The highest BCUT2D eigenvalue weighted by Gasteiger charge is 2.15. The topological polar surface area (TPSA) is 77.1 Å². The number of nitrogens with zero attached hydrogens (tertiary/aromatic N) is 2. The van der Waals surface area contributed by atoms with E-state index < -0.39 is 12.3 Å². The molecule has 1 N–H and O–H groups in total. The van der Waals surface area contributed by atoms with Crippen molar-refractivity contribution < 1.29 is 14.3 Å². The van der Waals surface area contributed by atoms with Crippen LogP contribution in [0.4, 0.5) is 4.79 Å². The van der Waals surface area contributed by atoms with E-state index in [1.54, 1.807) is 31.5 Å². The minimum atomic E-state index is -0.778. The van der Waals surface area contributed by atoms with Crippen LogP contribution >= 0.6 is 0 Å². The van der Waals surface area contributed by atoms with Crippen molar-refractivity contribution in [2.45, 2.75) is 13.0 Å². The Kier molecular flexibility index (Phi) is 3.34. The molecule has 0 aromatic carbocycles. The molecule has 0 aliphatic heterocycles. The van der Waals surface area contributed by atoms with Gasteiger partial charge in [-0.15, -0.1) is 0 Å². The molecule has 0 fully saturated rings. The van der Waals surface area contributed by atoms with Crippen LogP contribution in [-0.2, 0) is 4.74 Å². The van der Waals surface area contributed by atoms with Gasteiger partial charge in [0.05, 0.1) is 0 Å². The fourth-order valence-electron chi connectivity index (χ4n) is 1.23. The van der Waals surface area contributed by atoms with Crippen LogP contribution in [-0.4, -0.2) is 21.1 Å². The molecule has 6 nitrogen and oxygen atoms in total. The predicted molar refractivity (Wildman–Crippen MR) is 58.3 cm³/mol. The molecule has 0 bridgehead atoms. The molecule has 17 heavy (non-hydrogen) atoms. The van der Waals surface area contributed by atoms with Gasteiger partial charge in [0.15, 0.2) is 6.10 Å². The lowest BCUT2D eigenvalue weighted by Crippen LogP contribution is -2.14. The molecule has 88 valence electrons. The number of hydrogen-bond acceptors (Lipinski definition) is 5. The summed E-state index contributed by atoms with van der Waals surface area (Å²) in [5, 5.41) is 0. The van der Waals surface area contributed by atoms with Crippen LogP contribution in [0.25, 0.3) is 0 Å². The Balaban J connectivity index is 1.90. The van der Waals surface area contributed by atoms with Crippen LogP contribution in [0.3, 0.4) is 0 Å². The smallest absolute Gasteiger partial charge is 0.423 e. The zero-order valence-electron chi connectivity index (χ0n) is 9.16. The lowest BCUT2D eigenvalue weighted by Gasteiger charge is -2.10. The standard InChI is InChI=1S/C11H11N3O3/c1-8(10-13-6-7-14-10)16-11(15)17-9-2-4-12-5-3-9/h2-8H,1H3,(H,13,14). The molecule has 0 aliphatic carbocycles. The molecule has 1 atom stereocenters. The summed E-state index contributed by atoms with van der Waals surface area (Å²) in [7, 11) is 0. The van der Waals surface area contributed by atoms with Gasteiger partial charge >= 0.3 is 6.16 Å². The van der Waals surface area contributed by atoms with Crippen molar-refractivity contribution in [1.29, 1.82) is 0 Å². The quantitative estimate of drug-likeness (QED) is 0.821. The van der Waals surface area contributed by atoms with Gasteiger partial charge in [-0.1, -0.05) is 0 Å². The second-order valence-corrected chi connectivity index (χ2v) is 3.27. The summed E-state index contributed by atoms with van der Waals surface area (Å²) >= 11 is 0. The number of pyridine rings is 1. The molecule has 0 spiro atoms. The van der Waals surface area contributed by atoms with E-state index >= 15 is 0 Å². The minimum absolute atomic E-state index is 0.386. The van der Waals surface area contributed by atoms with Gasteiger partial charge < -0.3 is 14.5 Å². The molecule has 0 radical (unpaired) electrons. The number of ether oxygens (including phenoxy) is 2. The van der Waals surface area contributed by atoms with Gasteiger partial charge in [-0.3, -0.25) is 4.98 Å². The van der Waals surface area contributed by atoms with Crippen molar-refractivity contribution in [3.63, 3.8) is 0 Å². The number of carbonyl (C=O) groups is 1. The van der Waals surface area contributed by atoms with E-state index in [4.69, 9.17) is 9.47 Å². The van der Waals surface area contributed by atoms with Gasteiger partial charge in [-0.05, 0) is 19.1 Å². The SMILES string of the molecule is CC(OC(=O)Oc1ccncc1)c1ncc[nH]1. The van der Waals surface area contributed by atoms with E-state index in [1.165, 1.54) is 12.4 Å². The van der Waals surface area contributed by atoms with Gasteiger partial charge in [0, 0.05) is 24.8 Å². The highest BCUT2D eigenvalue weighted by Crippen LogP contribution is 2.14. The van der Waals surface area contributed by atoms with Crippen molar-refractivity contribution in [3.05, 3.63) is 42.7 Å². The summed E-state index contributed by atoms with van der Waals surface area (Å²) in [5.41, 5.74) is 0. The minimum Gasteiger partial charge on any atom is -0.423 e. The highest BCUT2D eigenvalue weighted by molar-refractivity contribution is 5.63. The van der Waals surface area contributed by atoms with E-state index in [-0.39, 0.29) is 0 Å². The molecule has 0 saturated heterocycles. The first-order valence-corrected chi connectivity index (χ1v) is 5.03. The van der Waals surface area contributed by atoms with Crippen LogP contribution in [0, 0.1) is 0 Å². The maximum atomic E-state index is 11.4. The second-order valence-electron chi connectivity index (χ2n) is 3.27. The number of rotatable bonds is 3. The average Bonchev–Trinajstić information content (AvgIpc) is 2.83. The van der Waals surface area contributed by atoms with Crippen molar-refractivity contribution in [2.24, 2.45) is 0 Å². The van der Waals surface area contributed by atoms with Crippen LogP contribution in [0.5, 0.6) is 5.75 Å². The van der Waals surface area contributed by atoms with E-state index in [2.05, 4.69) is 15.0 Å². The first-order chi connectivity index (χ1) is 8.25. The third kappa shape index (κ3) is 3.04. The maximum Gasteiger partial charge on any atom is 0.514 e. The van der Waals surface area contributed by atoms with Crippen molar-refractivity contribution in [2.75, 3.05) is 0 Å². The zero-order chi connectivity index (χ0) is 12.1. The molecule has 6 heteroatoms. The van der Waals surface area contributed by atoms with Crippen molar-refractivity contribution in [1.82, 2.24) is 15.0 Å². The summed E-state index contributed by atoms with van der Waals surface area (Å²) in [5.74, 6) is 0.952. The number of imidazole rings is 1. The van der Waals surface area contributed by atoms with Gasteiger partial charge in [0.1, 0.15) is 11.6 Å². The third-order valence-electron chi connectivity index (χ3n) is 2.03.